The van der Waals surface area contributed by atoms with Crippen molar-refractivity contribution >= 4 is 22.8 Å². The zero-order chi connectivity index (χ0) is 21.1. The lowest BCUT2D eigenvalue weighted by molar-refractivity contribution is 0.0538. The molecule has 0 saturated carbocycles. The molecule has 0 radical (unpaired) electrons. The van der Waals surface area contributed by atoms with Crippen molar-refractivity contribution in [1.82, 2.24) is 15.0 Å². The summed E-state index contributed by atoms with van der Waals surface area (Å²) in [5.74, 6) is 0. The normalized spacial score (nSPS) is 12.7. The molecular formula is C26H21N3OS. The Hall–Kier alpha value is -3.41. The van der Waals surface area contributed by atoms with Gasteiger partial charge in [-0.2, -0.15) is 0 Å². The van der Waals surface area contributed by atoms with E-state index in [1.807, 2.05) is 120 Å². The highest BCUT2D eigenvalue weighted by Gasteiger charge is 2.43. The highest BCUT2D eigenvalue weighted by Crippen LogP contribution is 2.48. The fourth-order valence-electron chi connectivity index (χ4n) is 3.84. The minimum atomic E-state index is -1.35. The van der Waals surface area contributed by atoms with Crippen LogP contribution in [0.3, 0.4) is 0 Å². The number of hydrogen-bond acceptors (Lipinski definition) is 4. The molecule has 0 bridgehead atoms. The number of hydrogen-bond donors (Lipinski definition) is 1. The second-order valence-electron chi connectivity index (χ2n) is 7.30. The fraction of sp³-hybridized carbons (Fsp3) is 0.0769. The average molecular weight is 424 g/mol. The first-order valence-corrected chi connectivity index (χ1v) is 11.0. The zero-order valence-electron chi connectivity index (χ0n) is 16.7. The molecule has 0 aliphatic carbocycles. The fourth-order valence-corrected chi connectivity index (χ4v) is 5.11. The number of thioether (sulfide) groups is 1. The Labute approximate surface area is 185 Å². The van der Waals surface area contributed by atoms with Gasteiger partial charge >= 0.3 is 0 Å². The molecule has 4 aromatic carbocycles. The van der Waals surface area contributed by atoms with Crippen LogP contribution in [-0.4, -0.2) is 20.1 Å². The summed E-state index contributed by atoms with van der Waals surface area (Å²) in [7, 11) is 0. The van der Waals surface area contributed by atoms with E-state index in [2.05, 4.69) is 10.3 Å². The molecule has 0 fully saturated rings. The third-order valence-corrected chi connectivity index (χ3v) is 6.68. The summed E-state index contributed by atoms with van der Waals surface area (Å²) in [4.78, 5) is 1.04. The van der Waals surface area contributed by atoms with Gasteiger partial charge in [0, 0.05) is 4.90 Å². The molecule has 5 rings (SSSR count). The summed E-state index contributed by atoms with van der Waals surface area (Å²) in [6, 6.07) is 37.5. The maximum Gasteiger partial charge on any atom is 0.147 e. The van der Waals surface area contributed by atoms with Crippen LogP contribution >= 0.6 is 11.8 Å². The van der Waals surface area contributed by atoms with Gasteiger partial charge in [0.25, 0.3) is 0 Å². The molecule has 31 heavy (non-hydrogen) atoms. The largest absolute Gasteiger partial charge is 0.377 e. The number of para-hydroxylation sites is 1. The SMILES string of the molecule is OC(c1ccccc1)(c1ccccc1)C(Sc1ccccc1)n1nnc2ccccc21. The molecule has 0 saturated heterocycles. The minimum Gasteiger partial charge on any atom is -0.377 e. The van der Waals surface area contributed by atoms with Gasteiger partial charge in [0.2, 0.25) is 0 Å². The van der Waals surface area contributed by atoms with Gasteiger partial charge in [-0.3, -0.25) is 0 Å². The van der Waals surface area contributed by atoms with Gasteiger partial charge in [-0.25, -0.2) is 4.68 Å². The summed E-state index contributed by atoms with van der Waals surface area (Å²) in [6.45, 7) is 0. The molecule has 5 aromatic rings. The Morgan fingerprint density at radius 2 is 1.19 bits per heavy atom. The summed E-state index contributed by atoms with van der Waals surface area (Å²) in [6.07, 6.45) is 0. The van der Waals surface area contributed by atoms with Crippen LogP contribution in [0, 0.1) is 0 Å². The van der Waals surface area contributed by atoms with E-state index >= 15 is 0 Å². The molecule has 0 aliphatic heterocycles. The number of nitrogens with zero attached hydrogens (tertiary/aromatic N) is 3. The molecule has 1 heterocycles. The van der Waals surface area contributed by atoms with E-state index in [0.717, 1.165) is 27.1 Å². The van der Waals surface area contributed by atoms with Crippen LogP contribution in [-0.2, 0) is 5.60 Å². The van der Waals surface area contributed by atoms with Gasteiger partial charge < -0.3 is 5.11 Å². The van der Waals surface area contributed by atoms with Crippen LogP contribution in [0.4, 0.5) is 0 Å². The Bertz CT molecular complexity index is 1230. The zero-order valence-corrected chi connectivity index (χ0v) is 17.6. The Kier molecular flexibility index (Phi) is 5.28. The van der Waals surface area contributed by atoms with Gasteiger partial charge in [-0.1, -0.05) is 108 Å². The van der Waals surface area contributed by atoms with Crippen LogP contribution in [0.1, 0.15) is 16.5 Å². The number of rotatable bonds is 6. The van der Waals surface area contributed by atoms with Crippen molar-refractivity contribution in [2.75, 3.05) is 0 Å². The molecule has 0 spiro atoms. The summed E-state index contributed by atoms with van der Waals surface area (Å²) >= 11 is 1.57. The number of aliphatic hydroxyl groups is 1. The maximum atomic E-state index is 12.5. The smallest absolute Gasteiger partial charge is 0.147 e. The Morgan fingerprint density at radius 1 is 0.677 bits per heavy atom. The second-order valence-corrected chi connectivity index (χ2v) is 8.46. The molecule has 1 N–H and O–H groups in total. The van der Waals surface area contributed by atoms with Crippen molar-refractivity contribution in [3.63, 3.8) is 0 Å². The number of benzene rings is 4. The second kappa shape index (κ2) is 8.38. The molecule has 4 nitrogen and oxygen atoms in total. The summed E-state index contributed by atoms with van der Waals surface area (Å²) in [5, 5.41) is 20.9. The Balaban J connectivity index is 1.76. The molecule has 0 amide bonds. The van der Waals surface area contributed by atoms with E-state index in [1.165, 1.54) is 0 Å². The monoisotopic (exact) mass is 423 g/mol. The van der Waals surface area contributed by atoms with Gasteiger partial charge in [-0.05, 0) is 35.4 Å². The summed E-state index contributed by atoms with van der Waals surface area (Å²) in [5.41, 5.74) is 1.92. The molecule has 1 unspecified atom stereocenters. The van der Waals surface area contributed by atoms with Gasteiger partial charge in [0.15, 0.2) is 0 Å². The third kappa shape index (κ3) is 3.63. The van der Waals surface area contributed by atoms with E-state index < -0.39 is 11.0 Å². The first-order valence-electron chi connectivity index (χ1n) is 10.1. The standard InChI is InChI=1S/C26H21N3OS/c30-26(20-12-4-1-5-13-20,21-14-6-2-7-15-21)25(31-22-16-8-3-9-17-22)29-24-19-11-10-18-23(24)27-28-29/h1-19,25,30H. The molecular weight excluding hydrogens is 402 g/mol. The van der Waals surface area contributed by atoms with E-state index in [9.17, 15) is 5.11 Å². The first-order chi connectivity index (χ1) is 15.3. The lowest BCUT2D eigenvalue weighted by atomic mass is 9.86. The quantitative estimate of drug-likeness (QED) is 0.358. The van der Waals surface area contributed by atoms with Crippen LogP contribution < -0.4 is 0 Å². The van der Waals surface area contributed by atoms with Crippen LogP contribution in [0.2, 0.25) is 0 Å². The van der Waals surface area contributed by atoms with Crippen molar-refractivity contribution in [3.05, 3.63) is 126 Å². The summed E-state index contributed by atoms with van der Waals surface area (Å²) < 4.78 is 1.84. The average Bonchev–Trinajstić information content (AvgIpc) is 3.28. The van der Waals surface area contributed by atoms with Gasteiger partial charge in [-0.15, -0.1) is 5.10 Å². The maximum absolute atomic E-state index is 12.5. The van der Waals surface area contributed by atoms with Crippen LogP contribution in [0.15, 0.2) is 120 Å². The van der Waals surface area contributed by atoms with Crippen LogP contribution in [0.5, 0.6) is 0 Å². The highest BCUT2D eigenvalue weighted by molar-refractivity contribution is 7.99. The molecule has 1 aromatic heterocycles. The van der Waals surface area contributed by atoms with Crippen molar-refractivity contribution in [2.24, 2.45) is 0 Å². The van der Waals surface area contributed by atoms with E-state index in [-0.39, 0.29) is 0 Å². The van der Waals surface area contributed by atoms with Crippen molar-refractivity contribution < 1.29 is 5.11 Å². The topological polar surface area (TPSA) is 50.9 Å². The van der Waals surface area contributed by atoms with E-state index in [0.29, 0.717) is 0 Å². The molecule has 152 valence electrons. The van der Waals surface area contributed by atoms with Crippen molar-refractivity contribution in [2.45, 2.75) is 15.9 Å². The molecule has 5 heteroatoms. The third-order valence-electron chi connectivity index (χ3n) is 5.38. The predicted octanol–water partition coefficient (Wildman–Crippen LogP) is 5.66. The number of fused-ring (bicyclic) bond motifs is 1. The lowest BCUT2D eigenvalue weighted by Crippen LogP contribution is -2.37. The molecule has 0 aliphatic rings. The Morgan fingerprint density at radius 3 is 1.81 bits per heavy atom. The predicted molar refractivity (Wildman–Crippen MR) is 125 cm³/mol. The lowest BCUT2D eigenvalue weighted by Gasteiger charge is -2.37. The van der Waals surface area contributed by atoms with Crippen molar-refractivity contribution in [1.29, 1.82) is 0 Å². The minimum absolute atomic E-state index is 0.493. The van der Waals surface area contributed by atoms with Gasteiger partial charge in [0.05, 0.1) is 5.52 Å². The highest BCUT2D eigenvalue weighted by atomic mass is 32.2. The van der Waals surface area contributed by atoms with Gasteiger partial charge in [0.1, 0.15) is 16.5 Å². The van der Waals surface area contributed by atoms with E-state index in [4.69, 9.17) is 0 Å². The first kappa shape index (κ1) is 19.5. The van der Waals surface area contributed by atoms with Crippen molar-refractivity contribution in [3.8, 4) is 0 Å². The van der Waals surface area contributed by atoms with E-state index in [1.54, 1.807) is 11.8 Å². The molecule has 1 atom stereocenters. The van der Waals surface area contributed by atoms with Crippen LogP contribution in [0.25, 0.3) is 11.0 Å². The number of aromatic nitrogens is 3.